The number of thiophene rings is 1. The first-order chi connectivity index (χ1) is 13.4. The van der Waals surface area contributed by atoms with E-state index in [1.165, 1.54) is 15.3 Å². The van der Waals surface area contributed by atoms with Crippen LogP contribution in [0.3, 0.4) is 0 Å². The molecule has 0 spiro atoms. The Morgan fingerprint density at radius 3 is 2.46 bits per heavy atom. The standard InChI is InChI=1S/C19H23N5O2S2/c1-13-14(2)27-19-17(13)18(20-12-21-19)22-15-4-6-16(7-5-15)28(25,26)24-10-8-23(3)9-11-24/h4-7,12H,8-11H2,1-3H3,(H,20,21,22)/p+1. The molecule has 0 radical (unpaired) electrons. The summed E-state index contributed by atoms with van der Waals surface area (Å²) in [6.07, 6.45) is 1.55. The minimum absolute atomic E-state index is 0.327. The van der Waals surface area contributed by atoms with E-state index in [2.05, 4.69) is 36.2 Å². The third kappa shape index (κ3) is 3.50. The maximum absolute atomic E-state index is 12.9. The molecule has 3 heterocycles. The molecule has 0 atom stereocenters. The molecule has 4 rings (SSSR count). The largest absolute Gasteiger partial charge is 0.340 e. The number of fused-ring (bicyclic) bond motifs is 1. The second kappa shape index (κ2) is 7.40. The van der Waals surface area contributed by atoms with Gasteiger partial charge in [-0.05, 0) is 43.7 Å². The molecule has 0 unspecified atom stereocenters. The number of aromatic nitrogens is 2. The Hall–Kier alpha value is -2.07. The summed E-state index contributed by atoms with van der Waals surface area (Å²) in [6.45, 7) is 6.93. The van der Waals surface area contributed by atoms with E-state index in [1.54, 1.807) is 46.2 Å². The quantitative estimate of drug-likeness (QED) is 0.672. The van der Waals surface area contributed by atoms with Gasteiger partial charge < -0.3 is 10.2 Å². The fourth-order valence-corrected chi connectivity index (χ4v) is 5.82. The summed E-state index contributed by atoms with van der Waals surface area (Å²) in [5.41, 5.74) is 1.96. The molecule has 1 aliphatic rings. The number of sulfonamides is 1. The molecule has 0 bridgehead atoms. The maximum atomic E-state index is 12.9. The highest BCUT2D eigenvalue weighted by Crippen LogP contribution is 2.33. The summed E-state index contributed by atoms with van der Waals surface area (Å²) in [6, 6.07) is 6.90. The van der Waals surface area contributed by atoms with Gasteiger partial charge in [0.25, 0.3) is 0 Å². The molecule has 1 saturated heterocycles. The van der Waals surface area contributed by atoms with Crippen molar-refractivity contribution in [2.75, 3.05) is 38.5 Å². The van der Waals surface area contributed by atoms with E-state index in [4.69, 9.17) is 0 Å². The minimum Gasteiger partial charge on any atom is -0.340 e. The predicted octanol–water partition coefficient (Wildman–Crippen LogP) is 1.57. The van der Waals surface area contributed by atoms with Crippen molar-refractivity contribution in [1.29, 1.82) is 0 Å². The molecule has 2 N–H and O–H groups in total. The van der Waals surface area contributed by atoms with E-state index < -0.39 is 10.0 Å². The molecular weight excluding hydrogens is 394 g/mol. The van der Waals surface area contributed by atoms with Crippen LogP contribution >= 0.6 is 11.3 Å². The van der Waals surface area contributed by atoms with Gasteiger partial charge in [-0.15, -0.1) is 11.3 Å². The van der Waals surface area contributed by atoms with E-state index in [9.17, 15) is 8.42 Å². The van der Waals surface area contributed by atoms with Gasteiger partial charge in [0.2, 0.25) is 10.0 Å². The summed E-state index contributed by atoms with van der Waals surface area (Å²) >= 11 is 1.65. The van der Waals surface area contributed by atoms with E-state index in [-0.39, 0.29) is 0 Å². The van der Waals surface area contributed by atoms with Crippen molar-refractivity contribution >= 4 is 43.1 Å². The van der Waals surface area contributed by atoms with Crippen LogP contribution in [0, 0.1) is 13.8 Å². The average molecular weight is 419 g/mol. The molecule has 2 aromatic heterocycles. The average Bonchev–Trinajstić information content (AvgIpc) is 2.97. The molecule has 28 heavy (non-hydrogen) atoms. The highest BCUT2D eigenvalue weighted by molar-refractivity contribution is 7.89. The fraction of sp³-hybridized carbons (Fsp3) is 0.368. The third-order valence-electron chi connectivity index (χ3n) is 5.30. The number of hydrogen-bond acceptors (Lipinski definition) is 6. The third-order valence-corrected chi connectivity index (χ3v) is 8.32. The lowest BCUT2D eigenvalue weighted by Gasteiger charge is -2.29. The molecule has 0 aliphatic carbocycles. The van der Waals surface area contributed by atoms with E-state index >= 15 is 0 Å². The van der Waals surface area contributed by atoms with Gasteiger partial charge in [0, 0.05) is 10.6 Å². The van der Waals surface area contributed by atoms with Gasteiger partial charge >= 0.3 is 0 Å². The first-order valence-electron chi connectivity index (χ1n) is 9.25. The second-order valence-corrected chi connectivity index (χ2v) is 10.3. The Morgan fingerprint density at radius 1 is 1.11 bits per heavy atom. The Labute approximate surface area is 169 Å². The van der Waals surface area contributed by atoms with E-state index in [0.29, 0.717) is 18.0 Å². The van der Waals surface area contributed by atoms with Crippen LogP contribution in [0.1, 0.15) is 10.4 Å². The first-order valence-corrected chi connectivity index (χ1v) is 11.5. The zero-order valence-corrected chi connectivity index (χ0v) is 17.8. The van der Waals surface area contributed by atoms with Crippen LogP contribution in [-0.2, 0) is 10.0 Å². The normalized spacial score (nSPS) is 16.5. The van der Waals surface area contributed by atoms with Gasteiger partial charge in [-0.25, -0.2) is 18.4 Å². The number of piperazine rings is 1. The number of anilines is 2. The van der Waals surface area contributed by atoms with Crippen molar-refractivity contribution in [1.82, 2.24) is 14.3 Å². The van der Waals surface area contributed by atoms with E-state index in [1.807, 2.05) is 0 Å². The molecular formula is C19H24N5O2S2+. The monoisotopic (exact) mass is 418 g/mol. The van der Waals surface area contributed by atoms with Gasteiger partial charge in [0.15, 0.2) is 0 Å². The van der Waals surface area contributed by atoms with Crippen LogP contribution < -0.4 is 10.2 Å². The molecule has 1 aromatic carbocycles. The van der Waals surface area contributed by atoms with Crippen LogP contribution in [-0.4, -0.2) is 55.9 Å². The number of rotatable bonds is 4. The Balaban J connectivity index is 1.58. The molecule has 1 aliphatic heterocycles. The van der Waals surface area contributed by atoms with Crippen molar-refractivity contribution < 1.29 is 13.3 Å². The number of benzene rings is 1. The van der Waals surface area contributed by atoms with Crippen molar-refractivity contribution in [3.63, 3.8) is 0 Å². The fourth-order valence-electron chi connectivity index (χ4n) is 3.38. The Bertz CT molecular complexity index is 1100. The number of nitrogens with one attached hydrogen (secondary N) is 2. The molecule has 3 aromatic rings. The summed E-state index contributed by atoms with van der Waals surface area (Å²) in [5.74, 6) is 0.740. The van der Waals surface area contributed by atoms with Crippen LogP contribution in [0.5, 0.6) is 0 Å². The molecule has 9 heteroatoms. The first kappa shape index (κ1) is 19.3. The van der Waals surface area contributed by atoms with Gasteiger partial charge in [-0.1, -0.05) is 0 Å². The molecule has 148 valence electrons. The summed E-state index contributed by atoms with van der Waals surface area (Å²) in [5, 5.41) is 4.32. The van der Waals surface area contributed by atoms with Crippen LogP contribution in [0.2, 0.25) is 0 Å². The van der Waals surface area contributed by atoms with Gasteiger partial charge in [0.05, 0.1) is 43.5 Å². The minimum atomic E-state index is -3.44. The van der Waals surface area contributed by atoms with Gasteiger partial charge in [-0.2, -0.15) is 4.31 Å². The SMILES string of the molecule is Cc1sc2ncnc(Nc3ccc(S(=O)(=O)N4CC[NH+](C)CC4)cc3)c2c1C. The summed E-state index contributed by atoms with van der Waals surface area (Å²) in [4.78, 5) is 12.6. The smallest absolute Gasteiger partial charge is 0.243 e. The van der Waals surface area contributed by atoms with E-state index in [0.717, 1.165) is 34.8 Å². The summed E-state index contributed by atoms with van der Waals surface area (Å²) in [7, 11) is -1.36. The lowest BCUT2D eigenvalue weighted by atomic mass is 10.2. The highest BCUT2D eigenvalue weighted by atomic mass is 32.2. The maximum Gasteiger partial charge on any atom is 0.243 e. The lowest BCUT2D eigenvalue weighted by molar-refractivity contribution is -0.883. The molecule has 1 fully saturated rings. The summed E-state index contributed by atoms with van der Waals surface area (Å²) < 4.78 is 27.3. The van der Waals surface area contributed by atoms with Crippen LogP contribution in [0.4, 0.5) is 11.5 Å². The number of quaternary nitrogens is 1. The van der Waals surface area contributed by atoms with Crippen molar-refractivity contribution in [2.24, 2.45) is 0 Å². The molecule has 0 amide bonds. The van der Waals surface area contributed by atoms with Crippen molar-refractivity contribution in [3.05, 3.63) is 41.0 Å². The zero-order chi connectivity index (χ0) is 19.9. The Kier molecular flexibility index (Phi) is 5.09. The number of hydrogen-bond donors (Lipinski definition) is 2. The number of likely N-dealkylation sites (N-methyl/N-ethyl adjacent to an activating group) is 1. The predicted molar refractivity (Wildman–Crippen MR) is 112 cm³/mol. The topological polar surface area (TPSA) is 79.6 Å². The molecule has 7 nitrogen and oxygen atoms in total. The molecule has 0 saturated carbocycles. The zero-order valence-electron chi connectivity index (χ0n) is 16.2. The number of nitrogens with zero attached hydrogens (tertiary/aromatic N) is 3. The Morgan fingerprint density at radius 2 is 1.79 bits per heavy atom. The lowest BCUT2D eigenvalue weighted by Crippen LogP contribution is -3.12. The van der Waals surface area contributed by atoms with Gasteiger partial charge in [0.1, 0.15) is 17.0 Å². The second-order valence-electron chi connectivity index (χ2n) is 7.20. The van der Waals surface area contributed by atoms with Gasteiger partial charge in [-0.3, -0.25) is 0 Å². The van der Waals surface area contributed by atoms with Crippen molar-refractivity contribution in [3.8, 4) is 0 Å². The van der Waals surface area contributed by atoms with Crippen LogP contribution in [0.25, 0.3) is 10.2 Å². The number of aryl methyl sites for hydroxylation is 2. The van der Waals surface area contributed by atoms with Crippen LogP contribution in [0.15, 0.2) is 35.5 Å². The highest BCUT2D eigenvalue weighted by Gasteiger charge is 2.29. The van der Waals surface area contributed by atoms with Crippen molar-refractivity contribution in [2.45, 2.75) is 18.7 Å².